The van der Waals surface area contributed by atoms with Crippen molar-refractivity contribution in [1.29, 1.82) is 0 Å². The topological polar surface area (TPSA) is 361 Å². The molecule has 18 rings (SSSR count). The molecule has 0 bridgehead atoms. The van der Waals surface area contributed by atoms with Gasteiger partial charge in [0.25, 0.3) is 0 Å². The molecular formula is C106H93F9N14O16. The number of halogens is 9. The number of aromatic nitrogens is 10. The van der Waals surface area contributed by atoms with E-state index in [9.17, 15) is 88.4 Å². The number of aryl methyl sites for hydroxylation is 7. The number of carboxylic acids is 3. The van der Waals surface area contributed by atoms with Gasteiger partial charge >= 0.3 is 54.7 Å². The maximum Gasteiger partial charge on any atom is 0.416 e. The Morgan fingerprint density at radius 1 is 0.393 bits per heavy atom. The molecule has 14 aromatic rings. The van der Waals surface area contributed by atoms with Gasteiger partial charge in [0.05, 0.1) is 115 Å². The summed E-state index contributed by atoms with van der Waals surface area (Å²) in [6.45, 7) is 17.3. The first kappa shape index (κ1) is 101. The summed E-state index contributed by atoms with van der Waals surface area (Å²) >= 11 is 0. The van der Waals surface area contributed by atoms with Gasteiger partial charge in [0, 0.05) is 83.5 Å². The number of amides is 4. The molecule has 30 nitrogen and oxygen atoms in total. The number of carboxylic acid groups (broad SMARTS) is 3. The summed E-state index contributed by atoms with van der Waals surface area (Å²) in [5, 5.41) is 28.3. The van der Waals surface area contributed by atoms with E-state index >= 15 is 0 Å². The van der Waals surface area contributed by atoms with Crippen LogP contribution in [-0.2, 0) is 57.2 Å². The van der Waals surface area contributed by atoms with Crippen molar-refractivity contribution in [2.45, 2.75) is 150 Å². The summed E-state index contributed by atoms with van der Waals surface area (Å²) in [5.41, 5.74) is 12.1. The minimum absolute atomic E-state index is 0.0618. The van der Waals surface area contributed by atoms with Gasteiger partial charge in [-0.05, 0) is 245 Å². The van der Waals surface area contributed by atoms with Gasteiger partial charge in [-0.15, -0.1) is 0 Å². The van der Waals surface area contributed by atoms with E-state index in [4.69, 9.17) is 43.4 Å². The van der Waals surface area contributed by atoms with Crippen LogP contribution in [0, 0.1) is 48.5 Å². The van der Waals surface area contributed by atoms with E-state index < -0.39 is 108 Å². The smallest absolute Gasteiger partial charge is 0.416 e. The lowest BCUT2D eigenvalue weighted by molar-refractivity contribution is -0.138. The number of hydrogen-bond acceptors (Lipinski definition) is 21. The van der Waals surface area contributed by atoms with Crippen LogP contribution < -0.4 is 19.1 Å². The molecule has 4 amide bonds. The number of anilines is 1. The third kappa shape index (κ3) is 21.4. The van der Waals surface area contributed by atoms with Crippen LogP contribution in [0.4, 0.5) is 59.8 Å². The number of benzene rings is 9. The lowest BCUT2D eigenvalue weighted by atomic mass is 9.94. The number of carbonyl (C=O) groups excluding carboxylic acids is 4. The molecule has 0 spiro atoms. The molecule has 0 aliphatic carbocycles. The SMILES string of the molecule is COc1ccc(-c2ccc(C(=O)O)cc2C)cc1-c1cnc(-n2ccnc2)nc1CN1C(=O)O[C@H](c2cc(C)cc(C(F)(F)F)c2)[C@@H]1C.COc1ccc(-c2ccc(C(=O)O)cc2C)cc1-c1cnc(-n2cnc(C)c2)nc1CN1C(=O)O[C@H](c2cc(C)cc(C(F)(F)F)c2)[C@@H]1C.COc1ccc(-c2ccc(C(=O)O)cc2C)cc1-c1cnc(N2CCC2=O)nc1CN1C(=O)O[C@H](c2cc(C)cc(C(F)(F)F)c2)[C@@H]1C. The van der Waals surface area contributed by atoms with Crippen LogP contribution in [0.3, 0.4) is 0 Å². The molecule has 39 heteroatoms. The van der Waals surface area contributed by atoms with Crippen molar-refractivity contribution in [1.82, 2.24) is 63.7 Å². The second-order valence-electron chi connectivity index (χ2n) is 35.4. The first-order valence-corrected chi connectivity index (χ1v) is 45.3. The van der Waals surface area contributed by atoms with E-state index in [-0.39, 0.29) is 70.8 Å². The van der Waals surface area contributed by atoms with E-state index in [2.05, 4.69) is 24.9 Å². The van der Waals surface area contributed by atoms with E-state index in [1.165, 1.54) is 65.5 Å². The Kier molecular flexibility index (Phi) is 28.3. The monoisotopic (exact) mass is 1990 g/mol. The lowest BCUT2D eigenvalue weighted by Gasteiger charge is -2.29. The number of cyclic esters (lactones) is 3. The normalized spacial score (nSPS) is 16.7. The van der Waals surface area contributed by atoms with Crippen LogP contribution in [0.2, 0.25) is 0 Å². The Morgan fingerprint density at radius 2 is 0.724 bits per heavy atom. The molecule has 0 saturated carbocycles. The molecule has 6 atom stereocenters. The predicted octanol–water partition coefficient (Wildman–Crippen LogP) is 22.1. The molecule has 9 heterocycles. The molecule has 4 fully saturated rings. The van der Waals surface area contributed by atoms with Gasteiger partial charge in [0.1, 0.15) is 48.2 Å². The van der Waals surface area contributed by atoms with Gasteiger partial charge in [0.2, 0.25) is 23.8 Å². The van der Waals surface area contributed by atoms with Crippen molar-refractivity contribution in [3.05, 3.63) is 320 Å². The minimum atomic E-state index is -4.57. The van der Waals surface area contributed by atoms with Crippen molar-refractivity contribution in [2.75, 3.05) is 32.8 Å². The zero-order chi connectivity index (χ0) is 104. The summed E-state index contributed by atoms with van der Waals surface area (Å²) in [4.78, 5) is 129. The summed E-state index contributed by atoms with van der Waals surface area (Å²) in [7, 11) is 4.55. The maximum absolute atomic E-state index is 13.7. The number of hydrogen-bond donors (Lipinski definition) is 3. The highest BCUT2D eigenvalue weighted by Gasteiger charge is 2.47. The molecule has 5 aromatic heterocycles. The van der Waals surface area contributed by atoms with Crippen molar-refractivity contribution < 1.29 is 117 Å². The highest BCUT2D eigenvalue weighted by molar-refractivity contribution is 5.98. The fourth-order valence-corrected chi connectivity index (χ4v) is 18.1. The maximum atomic E-state index is 13.7. The number of methoxy groups -OCH3 is 3. The molecule has 4 aliphatic rings. The first-order chi connectivity index (χ1) is 68.8. The summed E-state index contributed by atoms with van der Waals surface area (Å²) in [5.74, 6) is -1.06. The lowest BCUT2D eigenvalue weighted by Crippen LogP contribution is -2.44. The second kappa shape index (κ2) is 40.6. The number of β-lactam (4-membered cyclic amide) rings is 1. The molecule has 746 valence electrons. The largest absolute Gasteiger partial charge is 0.496 e. The molecule has 3 N–H and O–H groups in total. The number of aromatic carboxylic acids is 3. The molecule has 0 radical (unpaired) electrons. The van der Waals surface area contributed by atoms with Crippen molar-refractivity contribution in [3.63, 3.8) is 0 Å². The number of ether oxygens (including phenoxy) is 6. The van der Waals surface area contributed by atoms with Crippen LogP contribution in [-0.4, -0.2) is 167 Å². The van der Waals surface area contributed by atoms with E-state index in [0.717, 1.165) is 92.2 Å². The van der Waals surface area contributed by atoms with Gasteiger partial charge in [0.15, 0.2) is 0 Å². The zero-order valence-electron chi connectivity index (χ0n) is 80.0. The van der Waals surface area contributed by atoms with Gasteiger partial charge in [-0.3, -0.25) is 33.5 Å². The van der Waals surface area contributed by atoms with Gasteiger partial charge in [-0.25, -0.2) is 68.6 Å². The van der Waals surface area contributed by atoms with Crippen LogP contribution >= 0.6 is 0 Å². The van der Waals surface area contributed by atoms with Crippen LogP contribution in [0.5, 0.6) is 17.2 Å². The summed E-state index contributed by atoms with van der Waals surface area (Å²) in [6.07, 6.45) is -5.49. The molecule has 0 unspecified atom stereocenters. The fourth-order valence-electron chi connectivity index (χ4n) is 18.1. The van der Waals surface area contributed by atoms with Gasteiger partial charge < -0.3 is 43.7 Å². The number of nitrogens with zero attached hydrogens (tertiary/aromatic N) is 14. The standard InChI is InChI=1S/C36H32F3N5O5.C35H30F3N5O5.C35H31F3N4O6/c1-19-10-25(13-26(11-19)36(37,38)39)32-22(4)44(35(47)49-32)17-30-29(15-40-34(42-30)43-16-21(3)41-18-43)28-14-23(7-9-31(28)48-5)27-8-6-24(33(45)46)12-20(27)2;1-19-11-24(14-25(12-19)35(36,37)38)31-21(3)43(34(46)48-31)17-29-28(16-40-33(41-29)42-10-9-39-18-42)27-15-22(6-8-30(27)47-4)26-7-5-23(32(44)45)13-20(26)2;1-18-11-23(14-24(12-18)35(36,37)38)31-20(3)42(34(46)48-31)17-28-27(16-39-33(40-28)41-10-9-30(41)43)26-15-21(6-8-29(26)47-4)25-7-5-22(32(44)45)13-19(25)2/h6-16,18,22,32H,17H2,1-5H3,(H,45,46);5-16,18,21,31H,17H2,1-4H3,(H,44,45);5-8,11-16,20,31H,9-10,17H2,1-4H3,(H,44,45)/t22-,32-;21-,31-;20-,31-/m000/s1. The quantitative estimate of drug-likeness (QED) is 0.0287. The highest BCUT2D eigenvalue weighted by atomic mass is 19.4. The second-order valence-corrected chi connectivity index (χ2v) is 35.4. The van der Waals surface area contributed by atoms with Crippen LogP contribution in [0.25, 0.3) is 78.7 Å². The van der Waals surface area contributed by atoms with Gasteiger partial charge in [-0.1, -0.05) is 71.3 Å². The number of carbonyl (C=O) groups is 7. The fraction of sp³-hybridized carbons (Fsp3) is 0.255. The van der Waals surface area contributed by atoms with E-state index in [1.54, 1.807) is 167 Å². The van der Waals surface area contributed by atoms with Crippen LogP contribution in [0.1, 0.15) is 166 Å². The predicted molar refractivity (Wildman–Crippen MR) is 511 cm³/mol. The summed E-state index contributed by atoms with van der Waals surface area (Å²) < 4.78 is 160. The average molecular weight is 1990 g/mol. The van der Waals surface area contributed by atoms with Crippen molar-refractivity contribution >= 4 is 48.0 Å². The molecule has 145 heavy (non-hydrogen) atoms. The van der Waals surface area contributed by atoms with Gasteiger partial charge in [-0.2, -0.15) is 39.5 Å². The third-order valence-electron chi connectivity index (χ3n) is 25.6. The first-order valence-electron chi connectivity index (χ1n) is 45.3. The van der Waals surface area contributed by atoms with E-state index in [1.807, 2.05) is 64.1 Å². The average Bonchev–Trinajstić information content (AvgIpc) is 1.75. The number of alkyl halides is 9. The molecule has 4 saturated heterocycles. The third-order valence-corrected chi connectivity index (χ3v) is 25.6. The molecular weight excluding hydrogens is 1900 g/mol. The van der Waals surface area contributed by atoms with Crippen LogP contribution in [0.15, 0.2) is 214 Å². The zero-order valence-corrected chi connectivity index (χ0v) is 80.0. The highest BCUT2D eigenvalue weighted by Crippen LogP contribution is 2.48. The Hall–Kier alpha value is -16.9. The van der Waals surface area contributed by atoms with Crippen molar-refractivity contribution in [3.8, 4) is 95.9 Å². The molecule has 9 aromatic carbocycles. The Labute approximate surface area is 823 Å². The Bertz CT molecular complexity index is 7460. The number of imidazole rings is 2. The summed E-state index contributed by atoms with van der Waals surface area (Å²) in [6, 6.07) is 40.0. The van der Waals surface area contributed by atoms with Crippen molar-refractivity contribution in [2.24, 2.45) is 0 Å². The number of rotatable bonds is 24. The minimum Gasteiger partial charge on any atom is -0.496 e. The molecule has 4 aliphatic heterocycles. The Balaban J connectivity index is 0.000000156. The van der Waals surface area contributed by atoms with E-state index in [0.29, 0.717) is 103 Å². The Morgan fingerprint density at radius 3 is 1.00 bits per heavy atom.